The number of aromatic nitrogens is 1. The average Bonchev–Trinajstić information content (AvgIpc) is 3.05. The molecule has 1 aromatic heterocycles. The Hall–Kier alpha value is -3.03. The predicted octanol–water partition coefficient (Wildman–Crippen LogP) is 2.23. The highest BCUT2D eigenvalue weighted by Crippen LogP contribution is 2.39. The lowest BCUT2D eigenvalue weighted by atomic mass is 9.96. The van der Waals surface area contributed by atoms with Crippen LogP contribution in [0.2, 0.25) is 0 Å². The lowest BCUT2D eigenvalue weighted by molar-refractivity contribution is -0.140. The van der Waals surface area contributed by atoms with Crippen LogP contribution in [-0.4, -0.2) is 71.0 Å². The molecule has 4 rings (SSSR count). The summed E-state index contributed by atoms with van der Waals surface area (Å²) >= 11 is 0. The molecule has 0 spiro atoms. The maximum atomic E-state index is 12.9. The summed E-state index contributed by atoms with van der Waals surface area (Å²) in [5.74, 6) is -1.37. The molecule has 3 heterocycles. The van der Waals surface area contributed by atoms with Crippen molar-refractivity contribution >= 4 is 17.4 Å². The first-order valence-electron chi connectivity index (χ1n) is 10.2. The average molecular weight is 407 g/mol. The molecule has 2 fully saturated rings. The van der Waals surface area contributed by atoms with Gasteiger partial charge in [-0.25, -0.2) is 0 Å². The van der Waals surface area contributed by atoms with Gasteiger partial charge in [0.25, 0.3) is 11.7 Å². The van der Waals surface area contributed by atoms with Crippen molar-refractivity contribution in [1.29, 1.82) is 0 Å². The number of nitrogens with zero attached hydrogens (tertiary/aromatic N) is 3. The van der Waals surface area contributed by atoms with Crippen molar-refractivity contribution in [2.45, 2.75) is 12.5 Å². The molecule has 1 amide bonds. The lowest BCUT2D eigenvalue weighted by Gasteiger charge is -2.29. The van der Waals surface area contributed by atoms with E-state index in [-0.39, 0.29) is 11.3 Å². The number of benzene rings is 1. The number of amides is 1. The highest BCUT2D eigenvalue weighted by atomic mass is 16.5. The van der Waals surface area contributed by atoms with Crippen molar-refractivity contribution in [3.05, 3.63) is 71.6 Å². The van der Waals surface area contributed by atoms with Crippen molar-refractivity contribution in [2.75, 3.05) is 39.4 Å². The number of Topliss-reactive ketones (excluding diaryl/α,β-unsaturated/α-hetero) is 1. The van der Waals surface area contributed by atoms with E-state index in [0.717, 1.165) is 44.8 Å². The molecule has 2 aromatic rings. The van der Waals surface area contributed by atoms with Crippen molar-refractivity contribution in [2.24, 2.45) is 0 Å². The maximum Gasteiger partial charge on any atom is 0.295 e. The van der Waals surface area contributed by atoms with E-state index in [9.17, 15) is 14.7 Å². The van der Waals surface area contributed by atoms with E-state index in [1.54, 1.807) is 53.7 Å². The second-order valence-corrected chi connectivity index (χ2v) is 7.45. The minimum atomic E-state index is -0.649. The van der Waals surface area contributed by atoms with Crippen LogP contribution in [0.15, 0.2) is 60.4 Å². The molecule has 0 aliphatic carbocycles. The van der Waals surface area contributed by atoms with Gasteiger partial charge in [0.05, 0.1) is 24.8 Å². The fourth-order valence-electron chi connectivity index (χ4n) is 4.04. The van der Waals surface area contributed by atoms with Crippen LogP contribution >= 0.6 is 0 Å². The standard InChI is InChI=1S/C23H25N3O4/c27-21(18-5-2-1-3-6-18)19-20(17-7-9-24-10-8-17)26(23(29)22(19)28)12-4-11-25-13-15-30-16-14-25/h1-3,5-10,20,27H,4,11-16H2/t20-/m0/s1. The molecule has 2 aliphatic rings. The number of morpholine rings is 1. The van der Waals surface area contributed by atoms with Crippen molar-refractivity contribution in [3.63, 3.8) is 0 Å². The number of hydrogen-bond acceptors (Lipinski definition) is 6. The molecule has 0 unspecified atom stereocenters. The minimum Gasteiger partial charge on any atom is -0.507 e. The minimum absolute atomic E-state index is 0.128. The van der Waals surface area contributed by atoms with E-state index in [4.69, 9.17) is 4.74 Å². The van der Waals surface area contributed by atoms with Crippen molar-refractivity contribution in [1.82, 2.24) is 14.8 Å². The van der Waals surface area contributed by atoms with Crippen LogP contribution in [0.5, 0.6) is 0 Å². The SMILES string of the molecule is O=C1C(=O)N(CCCN2CCOCC2)[C@@H](c2ccncc2)C1=C(O)c1ccccc1. The van der Waals surface area contributed by atoms with Gasteiger partial charge in [-0.15, -0.1) is 0 Å². The van der Waals surface area contributed by atoms with Crippen LogP contribution in [0.4, 0.5) is 0 Å². The van der Waals surface area contributed by atoms with Gasteiger partial charge in [0.2, 0.25) is 0 Å². The smallest absolute Gasteiger partial charge is 0.295 e. The monoisotopic (exact) mass is 407 g/mol. The third-order valence-corrected chi connectivity index (χ3v) is 5.59. The summed E-state index contributed by atoms with van der Waals surface area (Å²) < 4.78 is 5.38. The van der Waals surface area contributed by atoms with Gasteiger partial charge >= 0.3 is 0 Å². The molecular weight excluding hydrogens is 382 g/mol. The zero-order valence-corrected chi connectivity index (χ0v) is 16.7. The summed E-state index contributed by atoms with van der Waals surface area (Å²) in [5.41, 5.74) is 1.40. The molecule has 7 nitrogen and oxygen atoms in total. The topological polar surface area (TPSA) is 83.0 Å². The molecule has 2 aliphatic heterocycles. The van der Waals surface area contributed by atoms with Gasteiger partial charge in [-0.1, -0.05) is 30.3 Å². The Bertz CT molecular complexity index is 924. The van der Waals surface area contributed by atoms with Crippen LogP contribution in [0, 0.1) is 0 Å². The van der Waals surface area contributed by atoms with Crippen molar-refractivity contribution < 1.29 is 19.4 Å². The summed E-state index contributed by atoms with van der Waals surface area (Å²) in [6, 6.07) is 11.8. The first-order valence-corrected chi connectivity index (χ1v) is 10.2. The largest absolute Gasteiger partial charge is 0.507 e. The number of carbonyl (C=O) groups is 2. The van der Waals surface area contributed by atoms with E-state index in [1.807, 2.05) is 6.07 Å². The van der Waals surface area contributed by atoms with E-state index in [2.05, 4.69) is 9.88 Å². The lowest BCUT2D eigenvalue weighted by Crippen LogP contribution is -2.38. The van der Waals surface area contributed by atoms with Crippen LogP contribution in [0.3, 0.4) is 0 Å². The number of hydrogen-bond donors (Lipinski definition) is 1. The van der Waals surface area contributed by atoms with Crippen LogP contribution in [0.25, 0.3) is 5.76 Å². The van der Waals surface area contributed by atoms with E-state index >= 15 is 0 Å². The summed E-state index contributed by atoms with van der Waals surface area (Å²) in [6.07, 6.45) is 4.00. The third kappa shape index (κ3) is 4.13. The number of rotatable bonds is 6. The van der Waals surface area contributed by atoms with Gasteiger partial charge in [-0.2, -0.15) is 0 Å². The Kier molecular flexibility index (Phi) is 6.21. The van der Waals surface area contributed by atoms with E-state index in [1.165, 1.54) is 0 Å². The van der Waals surface area contributed by atoms with Gasteiger partial charge in [0.1, 0.15) is 5.76 Å². The molecule has 1 N–H and O–H groups in total. The fourth-order valence-corrected chi connectivity index (χ4v) is 4.04. The Balaban J connectivity index is 1.63. The number of carbonyl (C=O) groups excluding carboxylic acids is 2. The molecule has 7 heteroatoms. The highest BCUT2D eigenvalue weighted by molar-refractivity contribution is 6.46. The van der Waals surface area contributed by atoms with Gasteiger partial charge in [0.15, 0.2) is 0 Å². The maximum absolute atomic E-state index is 12.9. The number of aliphatic hydroxyl groups excluding tert-OH is 1. The first kappa shape index (κ1) is 20.3. The number of likely N-dealkylation sites (tertiary alicyclic amines) is 1. The summed E-state index contributed by atoms with van der Waals surface area (Å²) in [4.78, 5) is 33.7. The third-order valence-electron chi connectivity index (χ3n) is 5.59. The van der Waals surface area contributed by atoms with Crippen LogP contribution in [0.1, 0.15) is 23.6 Å². The molecule has 1 atom stereocenters. The van der Waals surface area contributed by atoms with E-state index in [0.29, 0.717) is 12.1 Å². The molecule has 2 saturated heterocycles. The Morgan fingerprint density at radius 1 is 1.03 bits per heavy atom. The molecule has 1 aromatic carbocycles. The Labute approximate surface area is 175 Å². The highest BCUT2D eigenvalue weighted by Gasteiger charge is 2.45. The first-order chi connectivity index (χ1) is 14.7. The molecule has 0 bridgehead atoms. The second kappa shape index (κ2) is 9.19. The summed E-state index contributed by atoms with van der Waals surface area (Å²) in [6.45, 7) is 4.45. The summed E-state index contributed by atoms with van der Waals surface area (Å²) in [5, 5.41) is 10.9. The van der Waals surface area contributed by atoms with Gasteiger partial charge in [0, 0.05) is 44.1 Å². The molecular formula is C23H25N3O4. The van der Waals surface area contributed by atoms with Crippen molar-refractivity contribution in [3.8, 4) is 0 Å². The number of ketones is 1. The van der Waals surface area contributed by atoms with Crippen LogP contribution < -0.4 is 0 Å². The number of pyridine rings is 1. The van der Waals surface area contributed by atoms with Crippen LogP contribution in [-0.2, 0) is 14.3 Å². The quantitative estimate of drug-likeness (QED) is 0.449. The van der Waals surface area contributed by atoms with Gasteiger partial charge in [-0.05, 0) is 24.1 Å². The zero-order valence-electron chi connectivity index (χ0n) is 16.7. The normalized spacial score (nSPS) is 21.9. The zero-order chi connectivity index (χ0) is 20.9. The number of ether oxygens (including phenoxy) is 1. The molecule has 0 saturated carbocycles. The summed E-state index contributed by atoms with van der Waals surface area (Å²) in [7, 11) is 0. The van der Waals surface area contributed by atoms with E-state index < -0.39 is 17.7 Å². The molecule has 0 radical (unpaired) electrons. The fraction of sp³-hybridized carbons (Fsp3) is 0.348. The molecule has 30 heavy (non-hydrogen) atoms. The molecule has 156 valence electrons. The Morgan fingerprint density at radius 2 is 1.73 bits per heavy atom. The number of aliphatic hydroxyl groups is 1. The van der Waals surface area contributed by atoms with Gasteiger partial charge in [-0.3, -0.25) is 19.5 Å². The predicted molar refractivity (Wildman–Crippen MR) is 112 cm³/mol. The second-order valence-electron chi connectivity index (χ2n) is 7.45. The Morgan fingerprint density at radius 3 is 2.43 bits per heavy atom. The van der Waals surface area contributed by atoms with Gasteiger partial charge < -0.3 is 14.7 Å².